The zero-order valence-corrected chi connectivity index (χ0v) is 24.5. The molecular weight excluding hydrogens is 579 g/mol. The van der Waals surface area contributed by atoms with Gasteiger partial charge in [0, 0.05) is 48.8 Å². The van der Waals surface area contributed by atoms with Gasteiger partial charge in [-0.15, -0.1) is 11.8 Å². The van der Waals surface area contributed by atoms with E-state index in [1.807, 2.05) is 30.3 Å². The van der Waals surface area contributed by atoms with Crippen molar-refractivity contribution in [1.29, 1.82) is 0 Å². The van der Waals surface area contributed by atoms with Gasteiger partial charge in [0.15, 0.2) is 0 Å². The Bertz CT molecular complexity index is 1600. The Morgan fingerprint density at radius 2 is 1.77 bits per heavy atom. The highest BCUT2D eigenvalue weighted by molar-refractivity contribution is 7.99. The number of nitrogens with zero attached hydrogens (tertiary/aromatic N) is 3. The van der Waals surface area contributed by atoms with Crippen molar-refractivity contribution >= 4 is 46.4 Å². The highest BCUT2D eigenvalue weighted by Gasteiger charge is 2.35. The highest BCUT2D eigenvalue weighted by atomic mass is 32.2. The van der Waals surface area contributed by atoms with Gasteiger partial charge in [0.05, 0.1) is 35.7 Å². The third-order valence-corrected chi connectivity index (χ3v) is 7.58. The van der Waals surface area contributed by atoms with Crippen molar-refractivity contribution in [2.24, 2.45) is 5.10 Å². The summed E-state index contributed by atoms with van der Waals surface area (Å²) < 4.78 is 47.9. The van der Waals surface area contributed by atoms with Crippen LogP contribution in [0.3, 0.4) is 0 Å². The van der Waals surface area contributed by atoms with E-state index in [-0.39, 0.29) is 34.5 Å². The van der Waals surface area contributed by atoms with E-state index in [0.29, 0.717) is 17.1 Å². The van der Waals surface area contributed by atoms with Crippen molar-refractivity contribution in [2.75, 3.05) is 32.3 Å². The molecule has 4 rings (SSSR count). The van der Waals surface area contributed by atoms with Gasteiger partial charge in [-0.05, 0) is 54.1 Å². The summed E-state index contributed by atoms with van der Waals surface area (Å²) in [4.78, 5) is 32.6. The third-order valence-electron chi connectivity index (χ3n) is 6.40. The van der Waals surface area contributed by atoms with Crippen molar-refractivity contribution < 1.29 is 27.5 Å². The fraction of sp³-hybridized carbons (Fsp3) is 0.226. The van der Waals surface area contributed by atoms with Gasteiger partial charge in [-0.25, -0.2) is 5.43 Å². The number of ether oxygens (including phenoxy) is 1. The van der Waals surface area contributed by atoms with Gasteiger partial charge in [0.25, 0.3) is 5.91 Å². The van der Waals surface area contributed by atoms with Crippen LogP contribution in [0.5, 0.6) is 5.75 Å². The molecule has 0 spiro atoms. The molecular formula is C31H30F3N5O3S. The van der Waals surface area contributed by atoms with Crippen LogP contribution in [0.15, 0.2) is 89.0 Å². The van der Waals surface area contributed by atoms with Crippen molar-refractivity contribution in [1.82, 2.24) is 15.3 Å². The maximum Gasteiger partial charge on any atom is 0.417 e. The molecule has 0 fully saturated rings. The molecule has 43 heavy (non-hydrogen) atoms. The minimum Gasteiger partial charge on any atom is -0.497 e. The van der Waals surface area contributed by atoms with Gasteiger partial charge in [-0.1, -0.05) is 24.3 Å². The minimum absolute atomic E-state index is 0.0263. The minimum atomic E-state index is -4.73. The number of rotatable bonds is 11. The second-order valence-corrected chi connectivity index (χ2v) is 10.8. The van der Waals surface area contributed by atoms with Crippen LogP contribution in [0, 0.1) is 0 Å². The first-order valence-corrected chi connectivity index (χ1v) is 14.2. The Hall–Kier alpha value is -4.58. The molecule has 3 aromatic carbocycles. The van der Waals surface area contributed by atoms with Crippen molar-refractivity contribution in [3.63, 3.8) is 0 Å². The molecule has 0 saturated carbocycles. The summed E-state index contributed by atoms with van der Waals surface area (Å²) in [6, 6.07) is 19.3. The second kappa shape index (κ2) is 14.1. The molecule has 2 N–H and O–H groups in total. The Morgan fingerprint density at radius 3 is 2.42 bits per heavy atom. The third kappa shape index (κ3) is 8.25. The molecule has 1 aromatic heterocycles. The van der Waals surface area contributed by atoms with E-state index in [1.165, 1.54) is 48.3 Å². The summed E-state index contributed by atoms with van der Waals surface area (Å²) in [5.41, 5.74) is 1.91. The molecule has 2 amide bonds. The Kier molecular flexibility index (Phi) is 10.3. The monoisotopic (exact) mass is 609 g/mol. The smallest absolute Gasteiger partial charge is 0.417 e. The molecule has 1 unspecified atom stereocenters. The largest absolute Gasteiger partial charge is 0.497 e. The molecule has 12 heteroatoms. The summed E-state index contributed by atoms with van der Waals surface area (Å²) in [5, 5.41) is 6.84. The number of hydrogen-bond donors (Lipinski definition) is 2. The number of anilines is 1. The van der Waals surface area contributed by atoms with Gasteiger partial charge >= 0.3 is 6.18 Å². The van der Waals surface area contributed by atoms with E-state index >= 15 is 0 Å². The Morgan fingerprint density at radius 1 is 1.05 bits per heavy atom. The standard InChI is InChI=1S/C31H30F3N5O3S/c1-39(2)27(40)16-21(19-43-23-8-5-4-6-9-23)37-29-24(18-35-26-11-7-10-25(28(26)29)31(32,33)34)30(41)38-36-17-20-12-14-22(42-3)15-13-20/h4-15,17-18,21H,16,19H2,1-3H3,(H,35,37)(H,38,41)/b36-17+. The zero-order valence-electron chi connectivity index (χ0n) is 23.7. The van der Waals surface area contributed by atoms with Crippen LogP contribution in [-0.2, 0) is 11.0 Å². The SMILES string of the molecule is COc1ccc(/C=N/NC(=O)c2cnc3cccc(C(F)(F)F)c3c2NC(CSc2ccccc2)CC(=O)N(C)C)cc1. The number of fused-ring (bicyclic) bond motifs is 1. The topological polar surface area (TPSA) is 95.9 Å². The Labute approximate surface area is 251 Å². The molecule has 0 aliphatic heterocycles. The number of halogens is 3. The molecule has 4 aromatic rings. The molecule has 1 atom stereocenters. The van der Waals surface area contributed by atoms with E-state index in [1.54, 1.807) is 38.4 Å². The first kappa shape index (κ1) is 31.4. The number of carbonyl (C=O) groups excluding carboxylic acids is 2. The van der Waals surface area contributed by atoms with Gasteiger partial charge in [0.2, 0.25) is 5.91 Å². The number of carbonyl (C=O) groups is 2. The first-order valence-electron chi connectivity index (χ1n) is 13.2. The lowest BCUT2D eigenvalue weighted by atomic mass is 10.0. The number of hydrazone groups is 1. The maximum atomic E-state index is 14.2. The number of thioether (sulfide) groups is 1. The first-order chi connectivity index (χ1) is 20.6. The van der Waals surface area contributed by atoms with Gasteiger partial charge in [-0.3, -0.25) is 14.6 Å². The average molecular weight is 610 g/mol. The molecule has 1 heterocycles. The molecule has 0 aliphatic carbocycles. The fourth-order valence-electron chi connectivity index (χ4n) is 4.18. The summed E-state index contributed by atoms with van der Waals surface area (Å²) in [6.45, 7) is 0. The van der Waals surface area contributed by atoms with Crippen LogP contribution in [0.1, 0.15) is 27.9 Å². The van der Waals surface area contributed by atoms with Crippen LogP contribution in [-0.4, -0.2) is 60.9 Å². The van der Waals surface area contributed by atoms with Crippen LogP contribution < -0.4 is 15.5 Å². The summed E-state index contributed by atoms with van der Waals surface area (Å²) in [6.07, 6.45) is -2.15. The highest BCUT2D eigenvalue weighted by Crippen LogP contribution is 2.39. The molecule has 0 aliphatic rings. The van der Waals surface area contributed by atoms with Crippen molar-refractivity contribution in [3.05, 3.63) is 95.7 Å². The van der Waals surface area contributed by atoms with E-state index in [4.69, 9.17) is 4.74 Å². The molecule has 0 saturated heterocycles. The quantitative estimate of drug-likeness (QED) is 0.122. The van der Waals surface area contributed by atoms with Crippen molar-refractivity contribution in [3.8, 4) is 5.75 Å². The lowest BCUT2D eigenvalue weighted by molar-refractivity contribution is -0.136. The average Bonchev–Trinajstić information content (AvgIpc) is 2.99. The van der Waals surface area contributed by atoms with E-state index in [9.17, 15) is 22.8 Å². The van der Waals surface area contributed by atoms with E-state index in [2.05, 4.69) is 20.8 Å². The van der Waals surface area contributed by atoms with Gasteiger partial charge in [-0.2, -0.15) is 18.3 Å². The van der Waals surface area contributed by atoms with Crippen LogP contribution in [0.4, 0.5) is 18.9 Å². The van der Waals surface area contributed by atoms with Gasteiger partial charge < -0.3 is 15.0 Å². The summed E-state index contributed by atoms with van der Waals surface area (Å²) in [5.74, 6) is -0.0202. The predicted octanol–water partition coefficient (Wildman–Crippen LogP) is 6.08. The van der Waals surface area contributed by atoms with Crippen LogP contribution in [0.25, 0.3) is 10.9 Å². The fourth-order valence-corrected chi connectivity index (χ4v) is 5.12. The number of nitrogens with one attached hydrogen (secondary N) is 2. The van der Waals surface area contributed by atoms with Crippen LogP contribution >= 0.6 is 11.8 Å². The lowest BCUT2D eigenvalue weighted by Gasteiger charge is -2.24. The molecule has 0 bridgehead atoms. The number of alkyl halides is 3. The number of methoxy groups -OCH3 is 1. The second-order valence-electron chi connectivity index (χ2n) is 9.67. The number of amides is 2. The summed E-state index contributed by atoms with van der Waals surface area (Å²) in [7, 11) is 4.75. The van der Waals surface area contributed by atoms with E-state index < -0.39 is 23.7 Å². The van der Waals surface area contributed by atoms with Crippen molar-refractivity contribution in [2.45, 2.75) is 23.5 Å². The lowest BCUT2D eigenvalue weighted by Crippen LogP contribution is -2.33. The molecule has 8 nitrogen and oxygen atoms in total. The Balaban J connectivity index is 1.73. The number of benzene rings is 3. The predicted molar refractivity (Wildman–Crippen MR) is 163 cm³/mol. The van der Waals surface area contributed by atoms with Gasteiger partial charge in [0.1, 0.15) is 5.75 Å². The molecule has 224 valence electrons. The number of pyridine rings is 1. The number of aromatic nitrogens is 1. The number of hydrogen-bond acceptors (Lipinski definition) is 7. The van der Waals surface area contributed by atoms with Crippen LogP contribution in [0.2, 0.25) is 0 Å². The molecule has 0 radical (unpaired) electrons. The maximum absolute atomic E-state index is 14.2. The van der Waals surface area contributed by atoms with E-state index in [0.717, 1.165) is 11.0 Å². The summed E-state index contributed by atoms with van der Waals surface area (Å²) >= 11 is 1.44. The normalized spacial score (nSPS) is 12.2. The zero-order chi connectivity index (χ0) is 31.0.